The molecule has 4 heteroatoms. The van der Waals surface area contributed by atoms with Gasteiger partial charge in [-0.05, 0) is 19.8 Å². The molecule has 1 fully saturated rings. The van der Waals surface area contributed by atoms with E-state index < -0.39 is 0 Å². The lowest BCUT2D eigenvalue weighted by molar-refractivity contribution is -0.130. The van der Waals surface area contributed by atoms with Crippen molar-refractivity contribution >= 4 is 5.91 Å². The van der Waals surface area contributed by atoms with Crippen molar-refractivity contribution in [2.45, 2.75) is 38.3 Å². The fourth-order valence-electron chi connectivity index (χ4n) is 1.16. The molecule has 0 aromatic carbocycles. The molecule has 0 aromatic heterocycles. The summed E-state index contributed by atoms with van der Waals surface area (Å²) in [4.78, 5) is 13.2. The Morgan fingerprint density at radius 2 is 2.36 bits per heavy atom. The van der Waals surface area contributed by atoms with E-state index in [0.29, 0.717) is 19.0 Å². The van der Waals surface area contributed by atoms with Gasteiger partial charge >= 0.3 is 0 Å². The third-order valence-electron chi connectivity index (χ3n) is 2.56. The van der Waals surface area contributed by atoms with E-state index in [1.807, 2.05) is 6.92 Å². The van der Waals surface area contributed by atoms with Gasteiger partial charge in [-0.2, -0.15) is 5.26 Å². The predicted octanol–water partition coefficient (Wildman–Crippen LogP) is 0.499. The summed E-state index contributed by atoms with van der Waals surface area (Å²) in [6.07, 6.45) is 2.77. The second-order valence-electron chi connectivity index (χ2n) is 3.87. The number of nitrogens with one attached hydrogen (secondary N) is 1. The van der Waals surface area contributed by atoms with Crippen LogP contribution in [0, 0.1) is 11.3 Å². The van der Waals surface area contributed by atoms with Gasteiger partial charge in [0.2, 0.25) is 5.91 Å². The highest BCUT2D eigenvalue weighted by Gasteiger charge is 2.23. The maximum Gasteiger partial charge on any atom is 0.236 e. The van der Waals surface area contributed by atoms with Gasteiger partial charge in [0.15, 0.2) is 0 Å². The molecule has 0 bridgehead atoms. The molecule has 1 aliphatic carbocycles. The Hall–Kier alpha value is -1.08. The van der Waals surface area contributed by atoms with E-state index in [4.69, 9.17) is 5.26 Å². The van der Waals surface area contributed by atoms with Crippen molar-refractivity contribution in [1.82, 2.24) is 10.2 Å². The molecule has 4 nitrogen and oxygen atoms in total. The normalized spacial score (nSPS) is 17.2. The Bertz CT molecular complexity index is 242. The summed E-state index contributed by atoms with van der Waals surface area (Å²) in [6.45, 7) is 2.29. The Morgan fingerprint density at radius 1 is 1.71 bits per heavy atom. The first-order valence-corrected chi connectivity index (χ1v) is 5.01. The maximum absolute atomic E-state index is 11.5. The zero-order valence-corrected chi connectivity index (χ0v) is 8.79. The van der Waals surface area contributed by atoms with Gasteiger partial charge < -0.3 is 10.2 Å². The Kier molecular flexibility index (Phi) is 3.90. The molecule has 0 heterocycles. The molecule has 14 heavy (non-hydrogen) atoms. The van der Waals surface area contributed by atoms with E-state index in [0.717, 1.165) is 0 Å². The SMILES string of the molecule is CC(CC#N)N(C)C(=O)CNC1CC1. The van der Waals surface area contributed by atoms with Crippen LogP contribution in [-0.2, 0) is 4.79 Å². The number of carbonyl (C=O) groups is 1. The molecule has 0 radical (unpaired) electrons. The highest BCUT2D eigenvalue weighted by Crippen LogP contribution is 2.18. The molecule has 0 aliphatic heterocycles. The van der Waals surface area contributed by atoms with Gasteiger partial charge in [0.1, 0.15) is 0 Å². The summed E-state index contributed by atoms with van der Waals surface area (Å²) in [5, 5.41) is 11.7. The van der Waals surface area contributed by atoms with Crippen molar-refractivity contribution in [2.24, 2.45) is 0 Å². The summed E-state index contributed by atoms with van der Waals surface area (Å²) in [6, 6.07) is 2.63. The van der Waals surface area contributed by atoms with E-state index in [9.17, 15) is 4.79 Å². The van der Waals surface area contributed by atoms with Crippen LogP contribution in [0.5, 0.6) is 0 Å². The topological polar surface area (TPSA) is 56.1 Å². The van der Waals surface area contributed by atoms with Crippen LogP contribution in [0.3, 0.4) is 0 Å². The van der Waals surface area contributed by atoms with Crippen LogP contribution in [0.1, 0.15) is 26.2 Å². The monoisotopic (exact) mass is 195 g/mol. The first-order valence-electron chi connectivity index (χ1n) is 5.01. The smallest absolute Gasteiger partial charge is 0.236 e. The number of likely N-dealkylation sites (N-methyl/N-ethyl adjacent to an activating group) is 1. The van der Waals surface area contributed by atoms with Gasteiger partial charge in [-0.3, -0.25) is 4.79 Å². The minimum atomic E-state index is 0.00787. The van der Waals surface area contributed by atoms with E-state index in [2.05, 4.69) is 11.4 Å². The lowest BCUT2D eigenvalue weighted by Crippen LogP contribution is -2.41. The van der Waals surface area contributed by atoms with Crippen molar-refractivity contribution in [3.63, 3.8) is 0 Å². The zero-order valence-electron chi connectivity index (χ0n) is 8.79. The number of amides is 1. The van der Waals surface area contributed by atoms with Crippen molar-refractivity contribution < 1.29 is 4.79 Å². The second-order valence-corrected chi connectivity index (χ2v) is 3.87. The van der Waals surface area contributed by atoms with Crippen molar-refractivity contribution in [1.29, 1.82) is 5.26 Å². The third-order valence-corrected chi connectivity index (χ3v) is 2.56. The molecular formula is C10H17N3O. The van der Waals surface area contributed by atoms with E-state index in [-0.39, 0.29) is 11.9 Å². The zero-order chi connectivity index (χ0) is 10.6. The first-order chi connectivity index (χ1) is 6.65. The molecule has 1 rings (SSSR count). The fourth-order valence-corrected chi connectivity index (χ4v) is 1.16. The fraction of sp³-hybridized carbons (Fsp3) is 0.800. The van der Waals surface area contributed by atoms with Crippen LogP contribution in [0.2, 0.25) is 0 Å². The van der Waals surface area contributed by atoms with Crippen LogP contribution in [0.25, 0.3) is 0 Å². The average Bonchev–Trinajstić information content (AvgIpc) is 2.97. The quantitative estimate of drug-likeness (QED) is 0.695. The maximum atomic E-state index is 11.5. The van der Waals surface area contributed by atoms with Crippen LogP contribution >= 0.6 is 0 Å². The van der Waals surface area contributed by atoms with Gasteiger partial charge in [-0.15, -0.1) is 0 Å². The van der Waals surface area contributed by atoms with E-state index >= 15 is 0 Å². The van der Waals surface area contributed by atoms with Crippen LogP contribution in [0.4, 0.5) is 0 Å². The summed E-state index contributed by atoms with van der Waals surface area (Å²) >= 11 is 0. The molecule has 1 atom stereocenters. The van der Waals surface area contributed by atoms with Gasteiger partial charge in [0.25, 0.3) is 0 Å². The van der Waals surface area contributed by atoms with Gasteiger partial charge in [0, 0.05) is 19.1 Å². The standard InChI is InChI=1S/C10H17N3O/c1-8(5-6-11)13(2)10(14)7-12-9-3-4-9/h8-9,12H,3-5,7H2,1-2H3. The summed E-state index contributed by atoms with van der Waals surface area (Å²) in [5.41, 5.74) is 0. The van der Waals surface area contributed by atoms with Gasteiger partial charge in [-0.1, -0.05) is 0 Å². The highest BCUT2D eigenvalue weighted by molar-refractivity contribution is 5.78. The minimum Gasteiger partial charge on any atom is -0.341 e. The minimum absolute atomic E-state index is 0.00787. The molecule has 1 amide bonds. The van der Waals surface area contributed by atoms with Crippen molar-refractivity contribution in [3.8, 4) is 6.07 Å². The lowest BCUT2D eigenvalue weighted by atomic mass is 10.2. The highest BCUT2D eigenvalue weighted by atomic mass is 16.2. The first kappa shape index (κ1) is 11.0. The molecule has 1 saturated carbocycles. The number of nitrogens with zero attached hydrogens (tertiary/aromatic N) is 2. The molecular weight excluding hydrogens is 178 g/mol. The van der Waals surface area contributed by atoms with Crippen LogP contribution in [0.15, 0.2) is 0 Å². The molecule has 1 aliphatic rings. The molecule has 0 aromatic rings. The number of nitriles is 1. The number of hydrogen-bond donors (Lipinski definition) is 1. The number of carbonyl (C=O) groups excluding carboxylic acids is 1. The average molecular weight is 195 g/mol. The summed E-state index contributed by atoms with van der Waals surface area (Å²) in [5.74, 6) is 0.0691. The number of hydrogen-bond acceptors (Lipinski definition) is 3. The van der Waals surface area contributed by atoms with E-state index in [1.54, 1.807) is 11.9 Å². The largest absolute Gasteiger partial charge is 0.341 e. The van der Waals surface area contributed by atoms with Crippen LogP contribution < -0.4 is 5.32 Å². The Morgan fingerprint density at radius 3 is 2.86 bits per heavy atom. The number of rotatable bonds is 5. The molecule has 0 spiro atoms. The van der Waals surface area contributed by atoms with Gasteiger partial charge in [0.05, 0.1) is 19.0 Å². The molecule has 1 unspecified atom stereocenters. The summed E-state index contributed by atoms with van der Waals surface area (Å²) in [7, 11) is 1.75. The molecule has 78 valence electrons. The lowest BCUT2D eigenvalue weighted by Gasteiger charge is -2.23. The summed E-state index contributed by atoms with van der Waals surface area (Å²) < 4.78 is 0. The predicted molar refractivity (Wildman–Crippen MR) is 53.5 cm³/mol. The second kappa shape index (κ2) is 4.97. The molecule has 1 N–H and O–H groups in total. The van der Waals surface area contributed by atoms with Gasteiger partial charge in [-0.25, -0.2) is 0 Å². The van der Waals surface area contributed by atoms with Crippen molar-refractivity contribution in [3.05, 3.63) is 0 Å². The van der Waals surface area contributed by atoms with Crippen molar-refractivity contribution in [2.75, 3.05) is 13.6 Å². The molecule has 0 saturated heterocycles. The van der Waals surface area contributed by atoms with E-state index in [1.165, 1.54) is 12.8 Å². The Labute approximate surface area is 84.9 Å². The van der Waals surface area contributed by atoms with Crippen LogP contribution in [-0.4, -0.2) is 36.5 Å². The Balaban J connectivity index is 2.23. The third kappa shape index (κ3) is 3.35.